The highest BCUT2D eigenvalue weighted by Crippen LogP contribution is 2.42. The summed E-state index contributed by atoms with van der Waals surface area (Å²) in [5.74, 6) is 0.746. The molecule has 0 aliphatic heterocycles. The highest BCUT2D eigenvalue weighted by molar-refractivity contribution is 7.26. The summed E-state index contributed by atoms with van der Waals surface area (Å²) in [5, 5.41) is 14.0. The van der Waals surface area contributed by atoms with Gasteiger partial charge >= 0.3 is 7.69 Å². The summed E-state index contributed by atoms with van der Waals surface area (Å²) in [4.78, 5) is 0. The molecule has 0 saturated heterocycles. The topological polar surface area (TPSA) is 29.5 Å². The van der Waals surface area contributed by atoms with E-state index in [0.717, 1.165) is 10.4 Å². The second kappa shape index (κ2) is 4.51. The molecule has 0 spiro atoms. The van der Waals surface area contributed by atoms with Crippen molar-refractivity contribution in [1.82, 2.24) is 0 Å². The van der Waals surface area contributed by atoms with Gasteiger partial charge in [0.15, 0.2) is 0 Å². The number of benzene rings is 3. The van der Waals surface area contributed by atoms with Gasteiger partial charge in [-0.1, -0.05) is 42.5 Å². The van der Waals surface area contributed by atoms with E-state index >= 15 is 0 Å². The molecule has 0 bridgehead atoms. The Hall–Kier alpha value is -2.04. The molecule has 0 fully saturated rings. The lowest BCUT2D eigenvalue weighted by molar-refractivity contribution is 0.457. The van der Waals surface area contributed by atoms with Crippen molar-refractivity contribution in [2.45, 2.75) is 0 Å². The number of rotatable bonds is 2. The molecule has 96 valence electrons. The van der Waals surface area contributed by atoms with E-state index in [1.165, 1.54) is 26.2 Å². The molecule has 4 heteroatoms. The molecule has 0 unspecified atom stereocenters. The second-order valence-electron chi connectivity index (χ2n) is 4.67. The third-order valence-corrected chi connectivity index (χ3v) is 4.76. The third kappa shape index (κ3) is 1.62. The van der Waals surface area contributed by atoms with E-state index in [4.69, 9.17) is 9.68 Å². The van der Waals surface area contributed by atoms with Gasteiger partial charge in [0.05, 0.1) is 4.70 Å². The Morgan fingerprint density at radius 1 is 0.900 bits per heavy atom. The number of hydrogen-bond acceptors (Lipinski definition) is 3. The SMILES string of the molecule is OBOc1cccc2c1sc1ccc3ccccc3c12. The summed E-state index contributed by atoms with van der Waals surface area (Å²) in [7, 11) is -0.298. The summed E-state index contributed by atoms with van der Waals surface area (Å²) in [5.41, 5.74) is 0. The molecule has 0 saturated carbocycles. The molecule has 4 rings (SSSR count). The minimum absolute atomic E-state index is 0.298. The van der Waals surface area contributed by atoms with Crippen molar-refractivity contribution >= 4 is 50.0 Å². The van der Waals surface area contributed by atoms with Crippen LogP contribution in [0.3, 0.4) is 0 Å². The molecular formula is C16H11BO2S. The van der Waals surface area contributed by atoms with E-state index in [1.807, 2.05) is 12.1 Å². The van der Waals surface area contributed by atoms with E-state index in [2.05, 4.69) is 42.5 Å². The number of thiophene rings is 1. The first kappa shape index (κ1) is 11.8. The molecule has 1 aromatic heterocycles. The van der Waals surface area contributed by atoms with E-state index < -0.39 is 0 Å². The largest absolute Gasteiger partial charge is 0.538 e. The zero-order chi connectivity index (χ0) is 13.5. The highest BCUT2D eigenvalue weighted by Gasteiger charge is 2.11. The lowest BCUT2D eigenvalue weighted by Crippen LogP contribution is -1.99. The predicted octanol–water partition coefficient (Wildman–Crippen LogP) is 3.85. The maximum absolute atomic E-state index is 9.01. The van der Waals surface area contributed by atoms with Crippen molar-refractivity contribution in [3.05, 3.63) is 54.6 Å². The Morgan fingerprint density at radius 3 is 2.65 bits per heavy atom. The standard InChI is InChI=1S/C16H11BO2S/c18-17-19-13-7-3-6-12-15-11-5-2-1-4-10(11)8-9-14(15)20-16(12)13/h1-9,17-18H. The molecule has 0 amide bonds. The molecule has 2 nitrogen and oxygen atoms in total. The van der Waals surface area contributed by atoms with Gasteiger partial charge < -0.3 is 9.68 Å². The number of fused-ring (bicyclic) bond motifs is 5. The van der Waals surface area contributed by atoms with Crippen LogP contribution in [0.25, 0.3) is 30.9 Å². The summed E-state index contributed by atoms with van der Waals surface area (Å²) in [6.45, 7) is 0. The molecule has 0 atom stereocenters. The normalized spacial score (nSPS) is 11.2. The van der Waals surface area contributed by atoms with Gasteiger partial charge in [0.2, 0.25) is 0 Å². The van der Waals surface area contributed by atoms with Crippen LogP contribution >= 0.6 is 11.3 Å². The van der Waals surface area contributed by atoms with Crippen LogP contribution in [-0.2, 0) is 0 Å². The van der Waals surface area contributed by atoms with E-state index in [9.17, 15) is 0 Å². The van der Waals surface area contributed by atoms with Crippen molar-refractivity contribution in [1.29, 1.82) is 0 Å². The van der Waals surface area contributed by atoms with Crippen LogP contribution in [-0.4, -0.2) is 12.7 Å². The first-order valence-corrected chi connectivity index (χ1v) is 7.27. The van der Waals surface area contributed by atoms with E-state index in [-0.39, 0.29) is 7.69 Å². The maximum atomic E-state index is 9.01. The Morgan fingerprint density at radius 2 is 1.75 bits per heavy atom. The van der Waals surface area contributed by atoms with Gasteiger partial charge in [0.25, 0.3) is 0 Å². The van der Waals surface area contributed by atoms with Crippen molar-refractivity contribution in [2.24, 2.45) is 0 Å². The monoisotopic (exact) mass is 278 g/mol. The molecule has 4 aromatic rings. The van der Waals surface area contributed by atoms with Gasteiger partial charge in [-0.15, -0.1) is 11.3 Å². The van der Waals surface area contributed by atoms with E-state index in [1.54, 1.807) is 11.3 Å². The summed E-state index contributed by atoms with van der Waals surface area (Å²) in [6.07, 6.45) is 0. The molecule has 0 radical (unpaired) electrons. The minimum atomic E-state index is -0.298. The van der Waals surface area contributed by atoms with Crippen LogP contribution in [0, 0.1) is 0 Å². The Kier molecular flexibility index (Phi) is 2.65. The fraction of sp³-hybridized carbons (Fsp3) is 0. The molecule has 1 heterocycles. The van der Waals surface area contributed by atoms with Crippen molar-refractivity contribution in [3.8, 4) is 5.75 Å². The zero-order valence-corrected chi connectivity index (χ0v) is 11.5. The average molecular weight is 278 g/mol. The average Bonchev–Trinajstić information content (AvgIpc) is 2.88. The summed E-state index contributed by atoms with van der Waals surface area (Å²) < 4.78 is 7.66. The lowest BCUT2D eigenvalue weighted by atomic mass is 10.0. The molecule has 3 aromatic carbocycles. The van der Waals surface area contributed by atoms with Crippen LogP contribution < -0.4 is 4.65 Å². The van der Waals surface area contributed by atoms with Gasteiger partial charge in [-0.05, 0) is 22.9 Å². The predicted molar refractivity (Wildman–Crippen MR) is 86.8 cm³/mol. The van der Waals surface area contributed by atoms with Crippen molar-refractivity contribution in [2.75, 3.05) is 0 Å². The minimum Gasteiger partial charge on any atom is -0.538 e. The fourth-order valence-corrected chi connectivity index (χ4v) is 3.91. The third-order valence-electron chi connectivity index (χ3n) is 3.57. The maximum Gasteiger partial charge on any atom is 0.504 e. The van der Waals surface area contributed by atoms with Gasteiger partial charge in [-0.3, -0.25) is 0 Å². The molecule has 20 heavy (non-hydrogen) atoms. The zero-order valence-electron chi connectivity index (χ0n) is 10.7. The first-order valence-electron chi connectivity index (χ1n) is 6.45. The number of hydrogen-bond donors (Lipinski definition) is 1. The van der Waals surface area contributed by atoms with Gasteiger partial charge in [-0.2, -0.15) is 0 Å². The van der Waals surface area contributed by atoms with Crippen LogP contribution in [0.5, 0.6) is 5.75 Å². The smallest absolute Gasteiger partial charge is 0.504 e. The Bertz CT molecular complexity index is 930. The summed E-state index contributed by atoms with van der Waals surface area (Å²) >= 11 is 1.71. The highest BCUT2D eigenvalue weighted by atomic mass is 32.1. The van der Waals surface area contributed by atoms with E-state index in [0.29, 0.717) is 0 Å². The van der Waals surface area contributed by atoms with Gasteiger partial charge in [-0.25, -0.2) is 0 Å². The van der Waals surface area contributed by atoms with Gasteiger partial charge in [0.1, 0.15) is 5.75 Å². The van der Waals surface area contributed by atoms with Crippen LogP contribution in [0.15, 0.2) is 54.6 Å². The molecular weight excluding hydrogens is 267 g/mol. The quantitative estimate of drug-likeness (QED) is 0.564. The van der Waals surface area contributed by atoms with Crippen molar-refractivity contribution in [3.63, 3.8) is 0 Å². The van der Waals surface area contributed by atoms with Gasteiger partial charge in [0, 0.05) is 15.5 Å². The van der Waals surface area contributed by atoms with Crippen molar-refractivity contribution < 1.29 is 9.68 Å². The molecule has 0 aliphatic carbocycles. The molecule has 0 aliphatic rings. The Labute approximate surface area is 120 Å². The van der Waals surface area contributed by atoms with Crippen LogP contribution in [0.1, 0.15) is 0 Å². The fourth-order valence-electron chi connectivity index (χ4n) is 2.73. The van der Waals surface area contributed by atoms with Crippen LogP contribution in [0.4, 0.5) is 0 Å². The second-order valence-corrected chi connectivity index (χ2v) is 5.72. The summed E-state index contributed by atoms with van der Waals surface area (Å²) in [6, 6.07) is 18.7. The Balaban J connectivity index is 2.20. The first-order chi connectivity index (χ1) is 9.88. The van der Waals surface area contributed by atoms with Crippen LogP contribution in [0.2, 0.25) is 0 Å². The molecule has 1 N–H and O–H groups in total. The lowest BCUT2D eigenvalue weighted by Gasteiger charge is -2.03.